The van der Waals surface area contributed by atoms with Gasteiger partial charge < -0.3 is 20.6 Å². The molecular weight excluding hydrogens is 523 g/mol. The van der Waals surface area contributed by atoms with Crippen molar-refractivity contribution in [3.63, 3.8) is 0 Å². The van der Waals surface area contributed by atoms with Crippen molar-refractivity contribution in [1.29, 1.82) is 0 Å². The van der Waals surface area contributed by atoms with Crippen LogP contribution >= 0.6 is 0 Å². The highest BCUT2D eigenvalue weighted by Gasteiger charge is 2.30. The summed E-state index contributed by atoms with van der Waals surface area (Å²) in [5.74, 6) is 1.24. The van der Waals surface area contributed by atoms with Gasteiger partial charge in [0.15, 0.2) is 5.82 Å². The number of fused-ring (bicyclic) bond motifs is 1. The monoisotopic (exact) mass is 554 g/mol. The van der Waals surface area contributed by atoms with Crippen LogP contribution in [0, 0.1) is 5.82 Å². The van der Waals surface area contributed by atoms with E-state index in [2.05, 4.69) is 41.0 Å². The molecule has 0 radical (unpaired) electrons. The third-order valence-electron chi connectivity index (χ3n) is 8.33. The molecular formula is C29H31FN10O. The van der Waals surface area contributed by atoms with Gasteiger partial charge in [0, 0.05) is 67.7 Å². The Morgan fingerprint density at radius 2 is 1.59 bits per heavy atom. The first-order valence-corrected chi connectivity index (χ1v) is 13.8. The summed E-state index contributed by atoms with van der Waals surface area (Å²) in [7, 11) is 0. The maximum atomic E-state index is 13.4. The Balaban J connectivity index is 1.04. The zero-order valence-corrected chi connectivity index (χ0v) is 22.7. The van der Waals surface area contributed by atoms with Gasteiger partial charge in [-0.2, -0.15) is 10.2 Å². The number of aliphatic hydroxyl groups is 1. The largest absolute Gasteiger partial charge is 0.393 e. The van der Waals surface area contributed by atoms with E-state index in [1.807, 2.05) is 34.7 Å². The minimum Gasteiger partial charge on any atom is -0.393 e. The molecule has 0 amide bonds. The Kier molecular flexibility index (Phi) is 6.16. The first kappa shape index (κ1) is 25.5. The van der Waals surface area contributed by atoms with Crippen molar-refractivity contribution >= 4 is 17.3 Å². The zero-order valence-electron chi connectivity index (χ0n) is 22.7. The number of aromatic nitrogens is 7. The van der Waals surface area contributed by atoms with Crippen LogP contribution in [0.3, 0.4) is 0 Å². The molecule has 2 fully saturated rings. The normalized spacial score (nSPS) is 20.7. The van der Waals surface area contributed by atoms with Crippen molar-refractivity contribution in [3.8, 4) is 11.1 Å². The van der Waals surface area contributed by atoms with E-state index in [4.69, 9.17) is 5.73 Å². The third-order valence-corrected chi connectivity index (χ3v) is 8.33. The Morgan fingerprint density at radius 3 is 2.29 bits per heavy atom. The lowest BCUT2D eigenvalue weighted by Crippen LogP contribution is -2.47. The van der Waals surface area contributed by atoms with Crippen LogP contribution in [0.15, 0.2) is 67.6 Å². The summed E-state index contributed by atoms with van der Waals surface area (Å²) in [5, 5.41) is 18.6. The predicted octanol–water partition coefficient (Wildman–Crippen LogP) is 2.77. The molecule has 0 unspecified atom stereocenters. The first-order valence-electron chi connectivity index (χ1n) is 13.8. The predicted molar refractivity (Wildman–Crippen MR) is 152 cm³/mol. The lowest BCUT2D eigenvalue weighted by atomic mass is 9.87. The van der Waals surface area contributed by atoms with Crippen molar-refractivity contribution in [2.24, 2.45) is 5.73 Å². The zero-order chi connectivity index (χ0) is 28.1. The summed E-state index contributed by atoms with van der Waals surface area (Å²) in [6.45, 7) is 4.86. The molecule has 0 bridgehead atoms. The number of halogens is 1. The molecule has 5 aromatic rings. The fourth-order valence-corrected chi connectivity index (χ4v) is 5.61. The molecule has 2 aliphatic rings. The highest BCUT2D eigenvalue weighted by molar-refractivity contribution is 5.77. The van der Waals surface area contributed by atoms with Gasteiger partial charge in [-0.25, -0.2) is 23.9 Å². The van der Waals surface area contributed by atoms with Gasteiger partial charge in [0.1, 0.15) is 17.7 Å². The highest BCUT2D eigenvalue weighted by Crippen LogP contribution is 2.34. The number of nitrogens with two attached hydrogens (primary N) is 1. The number of nitrogens with zero attached hydrogens (tertiary/aromatic N) is 9. The SMILES string of the molecule is C[C@](N)(c1ccc(F)cc1)c1cnc(N2CCN(c3ncnn4cc(-c5cnn([C@H]6C[C@@H](O)C6)c5)cc34)CC2)nc1. The standard InChI is InChI=1S/C29H31FN10O/c1-29(31,21-2-4-23(30)5-3-21)22-14-32-28(33-15-22)38-8-6-37(7-9-38)27-26-10-19(16-40(26)36-18-34-27)20-13-35-39(17-20)24-11-25(41)12-24/h2-5,10,13-18,24-25,41H,6-9,11-12,31H2,1H3/t24-,25+,29-/m0/s1. The molecule has 210 valence electrons. The van der Waals surface area contributed by atoms with Gasteiger partial charge in [0.2, 0.25) is 5.95 Å². The topological polar surface area (TPSA) is 127 Å². The molecule has 1 aromatic carbocycles. The van der Waals surface area contributed by atoms with Crippen LogP contribution in [0.2, 0.25) is 0 Å². The summed E-state index contributed by atoms with van der Waals surface area (Å²) >= 11 is 0. The van der Waals surface area contributed by atoms with Crippen molar-refractivity contribution < 1.29 is 9.50 Å². The van der Waals surface area contributed by atoms with E-state index in [0.29, 0.717) is 5.95 Å². The van der Waals surface area contributed by atoms with E-state index < -0.39 is 5.54 Å². The first-order chi connectivity index (χ1) is 19.8. The average Bonchev–Trinajstić information content (AvgIpc) is 3.63. The number of rotatable bonds is 6. The van der Waals surface area contributed by atoms with Crippen LogP contribution in [0.25, 0.3) is 16.6 Å². The number of anilines is 2. The van der Waals surface area contributed by atoms with Gasteiger partial charge in [-0.15, -0.1) is 0 Å². The fourth-order valence-electron chi connectivity index (χ4n) is 5.61. The number of piperazine rings is 1. The number of hydrogen-bond acceptors (Lipinski definition) is 9. The van der Waals surface area contributed by atoms with Crippen LogP contribution in [0.1, 0.15) is 36.9 Å². The molecule has 7 rings (SSSR count). The van der Waals surface area contributed by atoms with Crippen molar-refractivity contribution in [1.82, 2.24) is 34.3 Å². The van der Waals surface area contributed by atoms with E-state index in [1.165, 1.54) is 12.1 Å². The van der Waals surface area contributed by atoms with Crippen LogP contribution in [-0.2, 0) is 5.54 Å². The van der Waals surface area contributed by atoms with Crippen LogP contribution in [0.4, 0.5) is 16.2 Å². The molecule has 1 saturated heterocycles. The van der Waals surface area contributed by atoms with Crippen molar-refractivity contribution in [2.75, 3.05) is 36.0 Å². The van der Waals surface area contributed by atoms with Gasteiger partial charge in [-0.1, -0.05) is 12.1 Å². The smallest absolute Gasteiger partial charge is 0.225 e. The Hall–Kier alpha value is -4.42. The van der Waals surface area contributed by atoms with E-state index in [-0.39, 0.29) is 18.0 Å². The van der Waals surface area contributed by atoms with Gasteiger partial charge >= 0.3 is 0 Å². The molecule has 0 spiro atoms. The Morgan fingerprint density at radius 1 is 0.878 bits per heavy atom. The maximum absolute atomic E-state index is 13.4. The Labute approximate surface area is 236 Å². The molecule has 1 aliphatic heterocycles. The summed E-state index contributed by atoms with van der Waals surface area (Å²) in [6, 6.07) is 8.56. The molecule has 12 heteroatoms. The van der Waals surface area contributed by atoms with Gasteiger partial charge in [0.05, 0.1) is 23.9 Å². The summed E-state index contributed by atoms with van der Waals surface area (Å²) in [6.07, 6.45) is 12.3. The molecule has 11 nitrogen and oxygen atoms in total. The molecule has 1 saturated carbocycles. The van der Waals surface area contributed by atoms with Gasteiger partial charge in [0.25, 0.3) is 0 Å². The lowest BCUT2D eigenvalue weighted by molar-refractivity contribution is 0.0434. The molecule has 1 aliphatic carbocycles. The second kappa shape index (κ2) is 9.89. The number of benzene rings is 1. The fraction of sp³-hybridized carbons (Fsp3) is 0.345. The molecule has 5 heterocycles. The molecule has 4 aromatic heterocycles. The van der Waals surface area contributed by atoms with Crippen LogP contribution in [-0.4, -0.2) is 71.7 Å². The quantitative estimate of drug-likeness (QED) is 0.326. The van der Waals surface area contributed by atoms with E-state index in [0.717, 1.165) is 72.6 Å². The maximum Gasteiger partial charge on any atom is 0.225 e. The van der Waals surface area contributed by atoms with Gasteiger partial charge in [-0.3, -0.25) is 4.68 Å². The average molecular weight is 555 g/mol. The van der Waals surface area contributed by atoms with Gasteiger partial charge in [-0.05, 0) is 43.5 Å². The van der Waals surface area contributed by atoms with Crippen molar-refractivity contribution in [2.45, 2.75) is 37.5 Å². The third kappa shape index (κ3) is 4.68. The lowest BCUT2D eigenvalue weighted by Gasteiger charge is -2.35. The highest BCUT2D eigenvalue weighted by atomic mass is 19.1. The van der Waals surface area contributed by atoms with Crippen LogP contribution in [0.5, 0.6) is 0 Å². The molecule has 41 heavy (non-hydrogen) atoms. The van der Waals surface area contributed by atoms with Crippen LogP contribution < -0.4 is 15.5 Å². The molecule has 1 atom stereocenters. The summed E-state index contributed by atoms with van der Waals surface area (Å²) in [5.41, 5.74) is 10.3. The summed E-state index contributed by atoms with van der Waals surface area (Å²) < 4.78 is 17.2. The second-order valence-corrected chi connectivity index (χ2v) is 11.1. The minimum atomic E-state index is -0.836. The van der Waals surface area contributed by atoms with Crippen molar-refractivity contribution in [3.05, 3.63) is 84.6 Å². The number of hydrogen-bond donors (Lipinski definition) is 2. The van der Waals surface area contributed by atoms with E-state index >= 15 is 0 Å². The number of aliphatic hydroxyl groups excluding tert-OH is 1. The molecule has 3 N–H and O–H groups in total. The van der Waals surface area contributed by atoms with E-state index in [9.17, 15) is 9.50 Å². The Bertz CT molecular complexity index is 1670. The second-order valence-electron chi connectivity index (χ2n) is 11.1. The minimum absolute atomic E-state index is 0.219. The summed E-state index contributed by atoms with van der Waals surface area (Å²) in [4.78, 5) is 18.3. The van der Waals surface area contributed by atoms with E-state index in [1.54, 1.807) is 30.9 Å².